The van der Waals surface area contributed by atoms with Gasteiger partial charge >= 0.3 is 5.97 Å². The van der Waals surface area contributed by atoms with Crippen molar-refractivity contribution in [1.29, 1.82) is 0 Å². The zero-order valence-electron chi connectivity index (χ0n) is 49.0. The summed E-state index contributed by atoms with van der Waals surface area (Å²) in [5.41, 5.74) is 5.96. The van der Waals surface area contributed by atoms with Crippen molar-refractivity contribution in [3.63, 3.8) is 0 Å². The maximum absolute atomic E-state index is 16.6. The number of aryl methyl sites for hydroxylation is 1. The van der Waals surface area contributed by atoms with Crippen LogP contribution in [0.25, 0.3) is 22.2 Å². The molecule has 0 bridgehead atoms. The molecule has 5 heterocycles. The third-order valence-electron chi connectivity index (χ3n) is 16.2. The number of nitrogens with one attached hydrogen (secondary N) is 2. The number of alkyl halides is 1. The standard InChI is InChI=1S/C58H88FN9O8SSi/c1-15-44(61-51(70)49(37(3)4)64(13)53(72)57(59)25-29-65(30-26-57)47(69)22-24-56(9,10)63(11)12)52(71)68-28-18-23-58(78,62-68)54(73)76-36-55(7,8)34-43-42-33-40(66-31-32-75-46(35-66)39(6)77)20-21-45(42)67(16-2)50(43)41-19-17-27-60-48(41)38(5)74-14/h17,19-21,27,33,37-39,44,46,49,62,77H,15-16,18,23,25-26,28-32,34-36H2,1-14,78H3,(H,61,70)/t38-,39?,44-,46?,49-,58-/m0/s1. The SMILES string of the molecule is CC[C@H](NC(=O)[C@H](C(C)C)N(C)C(=O)C1(F)CCN(C(=O)C#CC(C)(C)N(C)C)CC1)C(=O)N1CCC[C@]([SiH3])(C(=O)OCC(C)(C)Cc2c(-c3cccnc3[C@H](C)OC)n(CC)c3ccc(N4CCOC(C(C)S)C4)cc23)N1. The highest BCUT2D eigenvalue weighted by molar-refractivity contribution is 7.81. The normalized spacial score (nSPS) is 20.7. The van der Waals surface area contributed by atoms with E-state index in [0.717, 1.165) is 57.1 Å². The highest BCUT2D eigenvalue weighted by Crippen LogP contribution is 2.42. The third-order valence-corrected chi connectivity index (χ3v) is 17.6. The number of esters is 1. The number of carbonyl (C=O) groups is 5. The van der Waals surface area contributed by atoms with Crippen molar-refractivity contribution in [2.45, 2.75) is 160 Å². The van der Waals surface area contributed by atoms with E-state index in [1.807, 2.05) is 45.8 Å². The molecule has 20 heteroatoms. The van der Waals surface area contributed by atoms with Crippen molar-refractivity contribution in [2.24, 2.45) is 11.3 Å². The molecule has 3 aliphatic rings. The average molecular weight is 1120 g/mol. The van der Waals surface area contributed by atoms with Crippen LogP contribution in [0, 0.1) is 23.2 Å². The van der Waals surface area contributed by atoms with Crippen molar-refractivity contribution in [3.05, 3.63) is 47.8 Å². The number of piperidine rings is 1. The van der Waals surface area contributed by atoms with Crippen LogP contribution in [0.1, 0.15) is 119 Å². The Balaban J connectivity index is 1.15. The van der Waals surface area contributed by atoms with Crippen molar-refractivity contribution < 1.29 is 42.6 Å². The first-order chi connectivity index (χ1) is 36.6. The number of hydrazine groups is 1. The van der Waals surface area contributed by atoms with E-state index in [9.17, 15) is 24.0 Å². The van der Waals surface area contributed by atoms with Crippen LogP contribution in [-0.2, 0) is 51.1 Å². The summed E-state index contributed by atoms with van der Waals surface area (Å²) >= 11 is 4.71. The number of morpholine rings is 1. The molecule has 0 saturated carbocycles. The van der Waals surface area contributed by atoms with Crippen LogP contribution in [-0.4, -0.2) is 183 Å². The molecule has 2 N–H and O–H groups in total. The second-order valence-electron chi connectivity index (χ2n) is 23.7. The Morgan fingerprint density at radius 3 is 2.33 bits per heavy atom. The first-order valence-corrected chi connectivity index (χ1v) is 29.3. The summed E-state index contributed by atoms with van der Waals surface area (Å²) in [4.78, 5) is 81.4. The number of aromatic nitrogens is 2. The fourth-order valence-corrected chi connectivity index (χ4v) is 11.7. The molecule has 4 amide bonds. The fourth-order valence-electron chi connectivity index (χ4n) is 10.8. The van der Waals surface area contributed by atoms with Gasteiger partial charge < -0.3 is 38.8 Å². The summed E-state index contributed by atoms with van der Waals surface area (Å²) in [6, 6.07) is 8.61. The van der Waals surface area contributed by atoms with Gasteiger partial charge in [-0.05, 0) is 115 Å². The Morgan fingerprint density at radius 1 is 1.03 bits per heavy atom. The van der Waals surface area contributed by atoms with Crippen molar-refractivity contribution in [2.75, 3.05) is 79.1 Å². The lowest BCUT2D eigenvalue weighted by molar-refractivity contribution is -0.158. The number of likely N-dealkylation sites (tertiary alicyclic amines) is 1. The molecule has 17 nitrogen and oxygen atoms in total. The monoisotopic (exact) mass is 1120 g/mol. The Hall–Kier alpha value is -5.04. The number of fused-ring (bicyclic) bond motifs is 1. The number of methoxy groups -OCH3 is 1. The molecule has 2 aromatic heterocycles. The molecule has 6 rings (SSSR count). The minimum atomic E-state index is -2.31. The molecule has 78 heavy (non-hydrogen) atoms. The minimum absolute atomic E-state index is 0.00419. The molecule has 430 valence electrons. The van der Waals surface area contributed by atoms with Crippen molar-refractivity contribution >= 4 is 69.1 Å². The molecule has 3 saturated heterocycles. The van der Waals surface area contributed by atoms with E-state index in [-0.39, 0.29) is 56.4 Å². The van der Waals surface area contributed by atoms with Gasteiger partial charge in [0.2, 0.25) is 5.91 Å². The van der Waals surface area contributed by atoms with E-state index in [0.29, 0.717) is 49.2 Å². The number of thiol groups is 1. The number of likely N-dealkylation sites (N-methyl/N-ethyl adjacent to an activating group) is 1. The lowest BCUT2D eigenvalue weighted by Crippen LogP contribution is -2.67. The third kappa shape index (κ3) is 13.9. The Bertz CT molecular complexity index is 2720. The minimum Gasteiger partial charge on any atom is -0.464 e. The zero-order valence-corrected chi connectivity index (χ0v) is 51.9. The van der Waals surface area contributed by atoms with Gasteiger partial charge in [-0.3, -0.25) is 38.9 Å². The number of halogens is 1. The van der Waals surface area contributed by atoms with Crippen LogP contribution < -0.4 is 15.6 Å². The Kier molecular flexibility index (Phi) is 20.4. The number of amides is 4. The number of pyridine rings is 1. The summed E-state index contributed by atoms with van der Waals surface area (Å²) < 4.78 is 37.1. The number of hydrogen-bond acceptors (Lipinski definition) is 13. The first kappa shape index (κ1) is 62.2. The van der Waals surface area contributed by atoms with Gasteiger partial charge in [-0.15, -0.1) is 0 Å². The summed E-state index contributed by atoms with van der Waals surface area (Å²) in [6.07, 6.45) is 2.77. The Labute approximate surface area is 471 Å². The van der Waals surface area contributed by atoms with Crippen LogP contribution in [0.2, 0.25) is 0 Å². The molecular weight excluding hydrogens is 1030 g/mol. The fraction of sp³-hybridized carbons (Fsp3) is 0.655. The number of hydrogen-bond donors (Lipinski definition) is 3. The van der Waals surface area contributed by atoms with Gasteiger partial charge in [-0.1, -0.05) is 47.5 Å². The molecule has 0 spiro atoms. The highest BCUT2D eigenvalue weighted by Gasteiger charge is 2.48. The van der Waals surface area contributed by atoms with Gasteiger partial charge in [0.1, 0.15) is 17.2 Å². The van der Waals surface area contributed by atoms with Crippen molar-refractivity contribution in [3.8, 4) is 23.1 Å². The predicted molar refractivity (Wildman–Crippen MR) is 311 cm³/mol. The molecule has 3 fully saturated rings. The van der Waals surface area contributed by atoms with E-state index in [2.05, 4.69) is 84.0 Å². The molecule has 6 atom stereocenters. The van der Waals surface area contributed by atoms with Crippen LogP contribution >= 0.6 is 12.6 Å². The Morgan fingerprint density at radius 2 is 1.72 bits per heavy atom. The van der Waals surface area contributed by atoms with Crippen LogP contribution in [0.5, 0.6) is 0 Å². The van der Waals surface area contributed by atoms with Crippen LogP contribution in [0.3, 0.4) is 0 Å². The van der Waals surface area contributed by atoms with Gasteiger partial charge in [0.15, 0.2) is 5.67 Å². The van der Waals surface area contributed by atoms with E-state index >= 15 is 4.39 Å². The maximum Gasteiger partial charge on any atom is 0.323 e. The molecule has 0 aliphatic carbocycles. The quantitative estimate of drug-likeness (QED) is 0.0614. The molecule has 2 unspecified atom stereocenters. The van der Waals surface area contributed by atoms with Gasteiger partial charge in [-0.25, -0.2) is 9.82 Å². The maximum atomic E-state index is 16.6. The smallest absolute Gasteiger partial charge is 0.323 e. The highest BCUT2D eigenvalue weighted by atomic mass is 32.1. The van der Waals surface area contributed by atoms with Crippen LogP contribution in [0.15, 0.2) is 36.5 Å². The molecular formula is C58H88FN9O8SSi. The summed E-state index contributed by atoms with van der Waals surface area (Å²) in [6.45, 7) is 22.7. The van der Waals surface area contributed by atoms with E-state index < -0.39 is 69.4 Å². The lowest BCUT2D eigenvalue weighted by Gasteiger charge is -2.42. The predicted octanol–water partition coefficient (Wildman–Crippen LogP) is 5.31. The van der Waals surface area contributed by atoms with E-state index in [1.54, 1.807) is 34.1 Å². The number of anilines is 1. The van der Waals surface area contributed by atoms with E-state index in [1.165, 1.54) is 17.0 Å². The van der Waals surface area contributed by atoms with E-state index in [4.69, 9.17) is 31.8 Å². The first-order valence-electron chi connectivity index (χ1n) is 27.8. The summed E-state index contributed by atoms with van der Waals surface area (Å²) in [5, 5.41) is 4.33. The number of rotatable bonds is 19. The largest absolute Gasteiger partial charge is 0.464 e. The average Bonchev–Trinajstić information content (AvgIpc) is 3.77. The zero-order chi connectivity index (χ0) is 57.7. The summed E-state index contributed by atoms with van der Waals surface area (Å²) in [5.74, 6) is 2.43. The van der Waals surface area contributed by atoms with Gasteiger partial charge in [0, 0.05) is 116 Å². The summed E-state index contributed by atoms with van der Waals surface area (Å²) in [7, 11) is 7.13. The molecule has 0 radical (unpaired) electrons. The topological polar surface area (TPSA) is 171 Å². The number of benzene rings is 1. The lowest BCUT2D eigenvalue weighted by atomic mass is 9.84. The van der Waals surface area contributed by atoms with Gasteiger partial charge in [0.05, 0.1) is 42.3 Å². The van der Waals surface area contributed by atoms with Gasteiger partial charge in [0.25, 0.3) is 17.7 Å². The second-order valence-corrected chi connectivity index (χ2v) is 26.2. The van der Waals surface area contributed by atoms with Crippen LogP contribution in [0.4, 0.5) is 10.1 Å². The van der Waals surface area contributed by atoms with Gasteiger partial charge in [-0.2, -0.15) is 12.6 Å². The second kappa shape index (κ2) is 25.6. The molecule has 3 aliphatic heterocycles. The number of nitrogens with zero attached hydrogens (tertiary/aromatic N) is 7. The van der Waals surface area contributed by atoms with Crippen molar-refractivity contribution in [1.82, 2.24) is 40.0 Å². The number of carbonyl (C=O) groups excluding carboxylic acids is 5. The number of ether oxygens (including phenoxy) is 3. The molecule has 3 aromatic rings. The molecule has 1 aromatic carbocycles.